The Labute approximate surface area is 122 Å². The van der Waals surface area contributed by atoms with Crippen molar-refractivity contribution in [3.8, 4) is 0 Å². The Bertz CT molecular complexity index is 628. The summed E-state index contributed by atoms with van der Waals surface area (Å²) in [4.78, 5) is 15.3. The SMILES string of the molecule is Nc1cccc2c1CCN2C(=O)CSc1ccccc1. The van der Waals surface area contributed by atoms with Crippen LogP contribution < -0.4 is 10.6 Å². The van der Waals surface area contributed by atoms with E-state index in [1.807, 2.05) is 53.4 Å². The van der Waals surface area contributed by atoms with Crippen molar-refractivity contribution < 1.29 is 4.79 Å². The molecule has 0 spiro atoms. The van der Waals surface area contributed by atoms with Crippen LogP contribution in [0.5, 0.6) is 0 Å². The number of rotatable bonds is 3. The van der Waals surface area contributed by atoms with E-state index in [9.17, 15) is 4.79 Å². The van der Waals surface area contributed by atoms with Crippen molar-refractivity contribution in [2.24, 2.45) is 0 Å². The number of anilines is 2. The fourth-order valence-electron chi connectivity index (χ4n) is 2.46. The van der Waals surface area contributed by atoms with Crippen molar-refractivity contribution in [2.45, 2.75) is 11.3 Å². The van der Waals surface area contributed by atoms with E-state index in [-0.39, 0.29) is 5.91 Å². The molecule has 102 valence electrons. The van der Waals surface area contributed by atoms with Gasteiger partial charge >= 0.3 is 0 Å². The molecule has 0 fully saturated rings. The lowest BCUT2D eigenvalue weighted by atomic mass is 10.1. The van der Waals surface area contributed by atoms with Crippen LogP contribution >= 0.6 is 11.8 Å². The Morgan fingerprint density at radius 2 is 1.95 bits per heavy atom. The summed E-state index contributed by atoms with van der Waals surface area (Å²) in [7, 11) is 0. The van der Waals surface area contributed by atoms with Crippen LogP contribution in [0.4, 0.5) is 11.4 Å². The maximum absolute atomic E-state index is 12.4. The van der Waals surface area contributed by atoms with Crippen LogP contribution in [0.25, 0.3) is 0 Å². The van der Waals surface area contributed by atoms with Gasteiger partial charge in [0, 0.05) is 28.4 Å². The van der Waals surface area contributed by atoms with Gasteiger partial charge in [-0.1, -0.05) is 24.3 Å². The number of nitrogen functional groups attached to an aromatic ring is 1. The van der Waals surface area contributed by atoms with Crippen molar-refractivity contribution in [3.05, 3.63) is 54.1 Å². The molecule has 3 rings (SSSR count). The highest BCUT2D eigenvalue weighted by atomic mass is 32.2. The molecular formula is C16H16N2OS. The van der Waals surface area contributed by atoms with Gasteiger partial charge in [-0.05, 0) is 30.7 Å². The van der Waals surface area contributed by atoms with Crippen LogP contribution in [-0.4, -0.2) is 18.2 Å². The monoisotopic (exact) mass is 284 g/mol. The van der Waals surface area contributed by atoms with Crippen LogP contribution in [0.1, 0.15) is 5.56 Å². The summed E-state index contributed by atoms with van der Waals surface area (Å²) in [6, 6.07) is 15.8. The number of nitrogens with zero attached hydrogens (tertiary/aromatic N) is 1. The molecule has 4 heteroatoms. The fraction of sp³-hybridized carbons (Fsp3) is 0.188. The smallest absolute Gasteiger partial charge is 0.237 e. The van der Waals surface area contributed by atoms with Gasteiger partial charge in [-0.15, -0.1) is 11.8 Å². The van der Waals surface area contributed by atoms with Crippen molar-refractivity contribution in [2.75, 3.05) is 22.9 Å². The highest BCUT2D eigenvalue weighted by Gasteiger charge is 2.25. The number of thioether (sulfide) groups is 1. The zero-order chi connectivity index (χ0) is 13.9. The van der Waals surface area contributed by atoms with Crippen molar-refractivity contribution in [1.82, 2.24) is 0 Å². The van der Waals surface area contributed by atoms with Gasteiger partial charge in [-0.3, -0.25) is 4.79 Å². The van der Waals surface area contributed by atoms with E-state index in [2.05, 4.69) is 0 Å². The second-order valence-corrected chi connectivity index (χ2v) is 5.79. The molecule has 1 aliphatic heterocycles. The Hall–Kier alpha value is -1.94. The molecule has 0 bridgehead atoms. The highest BCUT2D eigenvalue weighted by molar-refractivity contribution is 8.00. The third kappa shape index (κ3) is 2.51. The number of nitrogens with two attached hydrogens (primary N) is 1. The predicted molar refractivity (Wildman–Crippen MR) is 84.1 cm³/mol. The number of hydrogen-bond donors (Lipinski definition) is 1. The van der Waals surface area contributed by atoms with Crippen LogP contribution in [0.15, 0.2) is 53.4 Å². The Morgan fingerprint density at radius 1 is 1.15 bits per heavy atom. The number of carbonyl (C=O) groups is 1. The number of amides is 1. The third-order valence-corrected chi connectivity index (χ3v) is 4.47. The molecule has 1 aliphatic rings. The molecule has 0 saturated heterocycles. The van der Waals surface area contributed by atoms with Crippen molar-refractivity contribution >= 4 is 29.0 Å². The molecule has 0 radical (unpaired) electrons. The molecule has 0 aliphatic carbocycles. The molecule has 2 aromatic carbocycles. The van der Waals surface area contributed by atoms with Gasteiger partial charge in [-0.25, -0.2) is 0 Å². The molecule has 2 aromatic rings. The standard InChI is InChI=1S/C16H16N2OS/c17-14-7-4-8-15-13(14)9-10-18(15)16(19)11-20-12-5-2-1-3-6-12/h1-8H,9-11,17H2. The largest absolute Gasteiger partial charge is 0.398 e. The quantitative estimate of drug-likeness (QED) is 0.696. The average Bonchev–Trinajstić information content (AvgIpc) is 2.91. The second kappa shape index (κ2) is 5.59. The summed E-state index contributed by atoms with van der Waals surface area (Å²) < 4.78 is 0. The second-order valence-electron chi connectivity index (χ2n) is 4.74. The molecule has 0 atom stereocenters. The van der Waals surface area contributed by atoms with E-state index in [1.165, 1.54) is 0 Å². The number of benzene rings is 2. The van der Waals surface area contributed by atoms with Gasteiger partial charge in [0.25, 0.3) is 0 Å². The summed E-state index contributed by atoms with van der Waals surface area (Å²) >= 11 is 1.57. The Morgan fingerprint density at radius 3 is 2.75 bits per heavy atom. The number of hydrogen-bond acceptors (Lipinski definition) is 3. The first-order chi connectivity index (χ1) is 9.75. The highest BCUT2D eigenvalue weighted by Crippen LogP contribution is 2.32. The number of fused-ring (bicyclic) bond motifs is 1. The van der Waals surface area contributed by atoms with E-state index in [0.717, 1.165) is 34.8 Å². The first-order valence-corrected chi connectivity index (χ1v) is 7.60. The van der Waals surface area contributed by atoms with Crippen molar-refractivity contribution in [1.29, 1.82) is 0 Å². The van der Waals surface area contributed by atoms with Crippen molar-refractivity contribution in [3.63, 3.8) is 0 Å². The summed E-state index contributed by atoms with van der Waals surface area (Å²) in [6.07, 6.45) is 0.851. The third-order valence-electron chi connectivity index (χ3n) is 3.47. The minimum Gasteiger partial charge on any atom is -0.398 e. The van der Waals surface area contributed by atoms with E-state index >= 15 is 0 Å². The van der Waals surface area contributed by atoms with Crippen LogP contribution in [-0.2, 0) is 11.2 Å². The topological polar surface area (TPSA) is 46.3 Å². The minimum atomic E-state index is 0.142. The molecule has 3 nitrogen and oxygen atoms in total. The molecule has 0 aromatic heterocycles. The normalized spacial score (nSPS) is 13.3. The van der Waals surface area contributed by atoms with Gasteiger partial charge in [0.2, 0.25) is 5.91 Å². The van der Waals surface area contributed by atoms with E-state index < -0.39 is 0 Å². The van der Waals surface area contributed by atoms with E-state index in [4.69, 9.17) is 5.73 Å². The summed E-state index contributed by atoms with van der Waals surface area (Å²) in [5, 5.41) is 0. The first kappa shape index (κ1) is 13.1. The lowest BCUT2D eigenvalue weighted by Gasteiger charge is -2.17. The maximum atomic E-state index is 12.4. The van der Waals surface area contributed by atoms with E-state index in [1.54, 1.807) is 11.8 Å². The van der Waals surface area contributed by atoms with Crippen LogP contribution in [0.3, 0.4) is 0 Å². The van der Waals surface area contributed by atoms with Gasteiger partial charge in [0.1, 0.15) is 0 Å². The molecule has 2 N–H and O–H groups in total. The van der Waals surface area contributed by atoms with E-state index in [0.29, 0.717) is 5.75 Å². The molecule has 1 amide bonds. The van der Waals surface area contributed by atoms with Gasteiger partial charge in [0.15, 0.2) is 0 Å². The minimum absolute atomic E-state index is 0.142. The molecule has 1 heterocycles. The van der Waals surface area contributed by atoms with Gasteiger partial charge in [0.05, 0.1) is 5.75 Å². The fourth-order valence-corrected chi connectivity index (χ4v) is 3.26. The zero-order valence-electron chi connectivity index (χ0n) is 11.1. The molecule has 0 unspecified atom stereocenters. The number of carbonyl (C=O) groups excluding carboxylic acids is 1. The first-order valence-electron chi connectivity index (χ1n) is 6.61. The Kier molecular flexibility index (Phi) is 3.65. The van der Waals surface area contributed by atoms with Crippen LogP contribution in [0.2, 0.25) is 0 Å². The summed E-state index contributed by atoms with van der Waals surface area (Å²) in [5.41, 5.74) is 8.82. The predicted octanol–water partition coefficient (Wildman–Crippen LogP) is 2.95. The average molecular weight is 284 g/mol. The molecular weight excluding hydrogens is 268 g/mol. The summed E-state index contributed by atoms with van der Waals surface area (Å²) in [6.45, 7) is 0.734. The Balaban J connectivity index is 1.70. The molecule has 0 saturated carbocycles. The van der Waals surface area contributed by atoms with Crippen LogP contribution in [0, 0.1) is 0 Å². The lowest BCUT2D eigenvalue weighted by Crippen LogP contribution is -2.30. The maximum Gasteiger partial charge on any atom is 0.237 e. The van der Waals surface area contributed by atoms with Gasteiger partial charge in [-0.2, -0.15) is 0 Å². The molecule has 20 heavy (non-hydrogen) atoms. The lowest BCUT2D eigenvalue weighted by molar-refractivity contribution is -0.116. The van der Waals surface area contributed by atoms with Gasteiger partial charge < -0.3 is 10.6 Å². The zero-order valence-corrected chi connectivity index (χ0v) is 11.9. The summed E-state index contributed by atoms with van der Waals surface area (Å²) in [5.74, 6) is 0.598.